The minimum atomic E-state index is -0.150. The number of halogens is 1. The number of fused-ring (bicyclic) bond motifs is 3. The first-order valence-corrected chi connectivity index (χ1v) is 10.0. The van der Waals surface area contributed by atoms with Gasteiger partial charge in [0, 0.05) is 27.9 Å². The highest BCUT2D eigenvalue weighted by Gasteiger charge is 2.29. The highest BCUT2D eigenvalue weighted by molar-refractivity contribution is 5.74. The molecule has 0 atom stereocenters. The molecule has 1 aliphatic heterocycles. The molecule has 0 saturated heterocycles. The van der Waals surface area contributed by atoms with Crippen molar-refractivity contribution in [3.8, 4) is 28.4 Å². The fourth-order valence-corrected chi connectivity index (χ4v) is 4.17. The van der Waals surface area contributed by atoms with Crippen molar-refractivity contribution in [3.63, 3.8) is 0 Å². The van der Waals surface area contributed by atoms with Crippen LogP contribution in [0.4, 0.5) is 0 Å². The van der Waals surface area contributed by atoms with Gasteiger partial charge >= 0.3 is 0 Å². The average molecular weight is 454 g/mol. The number of hydrogen-bond acceptors (Lipinski definition) is 2. The van der Waals surface area contributed by atoms with E-state index in [9.17, 15) is 5.11 Å². The van der Waals surface area contributed by atoms with Crippen LogP contribution in [0.25, 0.3) is 22.6 Å². The van der Waals surface area contributed by atoms with E-state index >= 15 is 0 Å². The lowest BCUT2D eigenvalue weighted by Crippen LogP contribution is -3.00. The summed E-state index contributed by atoms with van der Waals surface area (Å²) in [7, 11) is 0. The van der Waals surface area contributed by atoms with E-state index in [0.29, 0.717) is 5.75 Å². The van der Waals surface area contributed by atoms with Gasteiger partial charge < -0.3 is 26.7 Å². The van der Waals surface area contributed by atoms with Crippen LogP contribution in [0.2, 0.25) is 0 Å². The van der Waals surface area contributed by atoms with Crippen molar-refractivity contribution >= 4 is 0 Å². The van der Waals surface area contributed by atoms with Crippen molar-refractivity contribution in [3.05, 3.63) is 58.8 Å². The monoisotopic (exact) mass is 453 g/mol. The topological polar surface area (TPSA) is 38.1 Å². The SMILES string of the molecule is Cc1c(-c2cc(C(C)(C)C)c(O)c(C(C)(C)C)c2)nc2n1Cc1ccccc1-2.[Br-]. The molecular weight excluding hydrogens is 424 g/mol. The van der Waals surface area contributed by atoms with Crippen molar-refractivity contribution in [1.29, 1.82) is 0 Å². The fraction of sp³-hybridized carbons (Fsp3) is 0.400. The maximum atomic E-state index is 11.0. The summed E-state index contributed by atoms with van der Waals surface area (Å²) >= 11 is 0. The average Bonchev–Trinajstić information content (AvgIpc) is 3.10. The van der Waals surface area contributed by atoms with E-state index < -0.39 is 0 Å². The minimum absolute atomic E-state index is 0. The fourth-order valence-electron chi connectivity index (χ4n) is 4.17. The van der Waals surface area contributed by atoms with Gasteiger partial charge in [-0.3, -0.25) is 0 Å². The van der Waals surface area contributed by atoms with Gasteiger partial charge in [0.1, 0.15) is 11.6 Å². The lowest BCUT2D eigenvalue weighted by molar-refractivity contribution is -0.00000791. The summed E-state index contributed by atoms with van der Waals surface area (Å²) in [5, 5.41) is 11.0. The van der Waals surface area contributed by atoms with Crippen LogP contribution in [0.1, 0.15) is 63.9 Å². The lowest BCUT2D eigenvalue weighted by Gasteiger charge is -2.28. The van der Waals surface area contributed by atoms with Crippen molar-refractivity contribution in [2.75, 3.05) is 0 Å². The Kier molecular flexibility index (Phi) is 5.23. The second-order valence-corrected chi connectivity index (χ2v) is 10.0. The van der Waals surface area contributed by atoms with Crippen LogP contribution >= 0.6 is 0 Å². The summed E-state index contributed by atoms with van der Waals surface area (Å²) in [6.45, 7) is 15.9. The number of benzene rings is 2. The van der Waals surface area contributed by atoms with Crippen molar-refractivity contribution in [2.45, 2.75) is 65.8 Å². The summed E-state index contributed by atoms with van der Waals surface area (Å²) < 4.78 is 2.31. The Hall–Kier alpha value is -2.07. The molecule has 0 amide bonds. The Morgan fingerprint density at radius 2 is 1.48 bits per heavy atom. The molecule has 4 rings (SSSR count). The van der Waals surface area contributed by atoms with E-state index in [0.717, 1.165) is 34.8 Å². The molecule has 29 heavy (non-hydrogen) atoms. The molecule has 0 aliphatic carbocycles. The largest absolute Gasteiger partial charge is 1.00 e. The standard InChI is InChI=1S/C25H30N2O.BrH/c1-15-21(26-23-18-11-9-8-10-16(18)14-27(15)23)17-12-19(24(2,3)4)22(28)20(13-17)25(5,6)7;/h8-13,28H,14H2,1-7H3;1H/p-1. The molecule has 0 fully saturated rings. The van der Waals surface area contributed by atoms with Gasteiger partial charge in [-0.2, -0.15) is 0 Å². The maximum Gasteiger partial charge on any atom is 0.141 e. The Labute approximate surface area is 184 Å². The van der Waals surface area contributed by atoms with Crippen molar-refractivity contribution in [2.24, 2.45) is 0 Å². The van der Waals surface area contributed by atoms with Crippen LogP contribution in [0, 0.1) is 6.92 Å². The molecule has 2 aromatic carbocycles. The van der Waals surface area contributed by atoms with Crippen LogP contribution in [-0.2, 0) is 17.4 Å². The van der Waals surface area contributed by atoms with E-state index in [1.165, 1.54) is 16.8 Å². The summed E-state index contributed by atoms with van der Waals surface area (Å²) in [5.74, 6) is 1.46. The highest BCUT2D eigenvalue weighted by Crippen LogP contribution is 2.43. The molecule has 3 nitrogen and oxygen atoms in total. The van der Waals surface area contributed by atoms with E-state index in [1.807, 2.05) is 0 Å². The van der Waals surface area contributed by atoms with E-state index in [2.05, 4.69) is 89.4 Å². The van der Waals surface area contributed by atoms with Crippen LogP contribution in [0.5, 0.6) is 5.75 Å². The van der Waals surface area contributed by atoms with E-state index in [-0.39, 0.29) is 27.8 Å². The third-order valence-corrected chi connectivity index (χ3v) is 5.81. The number of hydrogen-bond donors (Lipinski definition) is 1. The number of rotatable bonds is 1. The second kappa shape index (κ2) is 7.02. The molecule has 0 saturated carbocycles. The zero-order chi connectivity index (χ0) is 20.4. The summed E-state index contributed by atoms with van der Waals surface area (Å²) in [4.78, 5) is 5.06. The number of phenolic OH excluding ortho intramolecular Hbond substituents is 1. The van der Waals surface area contributed by atoms with Gasteiger partial charge in [0.25, 0.3) is 0 Å². The summed E-state index contributed by atoms with van der Waals surface area (Å²) in [6.07, 6.45) is 0. The predicted molar refractivity (Wildman–Crippen MR) is 116 cm³/mol. The molecule has 0 spiro atoms. The number of phenols is 1. The Morgan fingerprint density at radius 3 is 2.03 bits per heavy atom. The number of aromatic nitrogens is 2. The van der Waals surface area contributed by atoms with Gasteiger partial charge in [0.15, 0.2) is 0 Å². The van der Waals surface area contributed by atoms with Gasteiger partial charge in [-0.1, -0.05) is 65.8 Å². The zero-order valence-electron chi connectivity index (χ0n) is 18.4. The second-order valence-electron chi connectivity index (χ2n) is 10.0. The molecule has 154 valence electrons. The molecule has 2 heterocycles. The zero-order valence-corrected chi connectivity index (χ0v) is 20.0. The molecule has 0 radical (unpaired) electrons. The predicted octanol–water partition coefficient (Wildman–Crippen LogP) is 3.19. The van der Waals surface area contributed by atoms with E-state index in [1.54, 1.807) is 0 Å². The Balaban J connectivity index is 0.00000240. The minimum Gasteiger partial charge on any atom is -1.00 e. The first-order valence-electron chi connectivity index (χ1n) is 10.0. The molecule has 1 aliphatic rings. The Bertz CT molecular complexity index is 1050. The number of aromatic hydroxyl groups is 1. The highest BCUT2D eigenvalue weighted by atomic mass is 79.9. The third kappa shape index (κ3) is 3.52. The van der Waals surface area contributed by atoms with Crippen molar-refractivity contribution in [1.82, 2.24) is 9.55 Å². The van der Waals surface area contributed by atoms with Gasteiger partial charge in [0.05, 0.1) is 12.2 Å². The van der Waals surface area contributed by atoms with Gasteiger partial charge in [-0.05, 0) is 35.4 Å². The smallest absolute Gasteiger partial charge is 0.141 e. The maximum absolute atomic E-state index is 11.0. The first kappa shape index (κ1) is 21.6. The van der Waals surface area contributed by atoms with Crippen LogP contribution in [-0.4, -0.2) is 14.7 Å². The van der Waals surface area contributed by atoms with Gasteiger partial charge in [0.2, 0.25) is 0 Å². The normalized spacial score (nSPS) is 13.1. The van der Waals surface area contributed by atoms with Crippen LogP contribution < -0.4 is 17.0 Å². The van der Waals surface area contributed by atoms with Gasteiger partial charge in [-0.25, -0.2) is 4.98 Å². The first-order chi connectivity index (χ1) is 13.0. The molecular formula is C25H30BrN2O-. The molecule has 0 unspecified atom stereocenters. The molecule has 1 N–H and O–H groups in total. The summed E-state index contributed by atoms with van der Waals surface area (Å²) in [5.41, 5.74) is 7.48. The van der Waals surface area contributed by atoms with Gasteiger partial charge in [-0.15, -0.1) is 0 Å². The van der Waals surface area contributed by atoms with E-state index in [4.69, 9.17) is 4.98 Å². The number of nitrogens with zero attached hydrogens (tertiary/aromatic N) is 2. The molecule has 4 heteroatoms. The number of imidazole rings is 1. The Morgan fingerprint density at radius 1 is 0.931 bits per heavy atom. The van der Waals surface area contributed by atoms with Crippen LogP contribution in [0.15, 0.2) is 36.4 Å². The summed E-state index contributed by atoms with van der Waals surface area (Å²) in [6, 6.07) is 12.8. The van der Waals surface area contributed by atoms with Crippen molar-refractivity contribution < 1.29 is 22.1 Å². The molecule has 3 aromatic rings. The quantitative estimate of drug-likeness (QED) is 0.480. The molecule has 0 bridgehead atoms. The lowest BCUT2D eigenvalue weighted by atomic mass is 9.78. The van der Waals surface area contributed by atoms with Crippen LogP contribution in [0.3, 0.4) is 0 Å². The third-order valence-electron chi connectivity index (χ3n) is 5.81. The molecule has 1 aromatic heterocycles.